The van der Waals surface area contributed by atoms with E-state index in [0.717, 1.165) is 26.1 Å². The number of Topliss-reactive ketones (excluding diaryl/α,β-unsaturated/α-hetero) is 1. The highest BCUT2D eigenvalue weighted by Gasteiger charge is 2.46. The molecule has 36 heavy (non-hydrogen) atoms. The van der Waals surface area contributed by atoms with Crippen molar-refractivity contribution in [2.24, 2.45) is 0 Å². The van der Waals surface area contributed by atoms with Gasteiger partial charge in [-0.25, -0.2) is 0 Å². The zero-order chi connectivity index (χ0) is 25.5. The van der Waals surface area contributed by atoms with Crippen LogP contribution in [-0.2, 0) is 14.3 Å². The number of ketones is 1. The van der Waals surface area contributed by atoms with Gasteiger partial charge in [0, 0.05) is 31.7 Å². The van der Waals surface area contributed by atoms with Gasteiger partial charge in [0.25, 0.3) is 11.7 Å². The van der Waals surface area contributed by atoms with E-state index in [1.165, 1.54) is 0 Å². The van der Waals surface area contributed by atoms with Gasteiger partial charge in [0.2, 0.25) is 0 Å². The van der Waals surface area contributed by atoms with E-state index in [1.54, 1.807) is 48.4 Å². The molecule has 2 aliphatic heterocycles. The Morgan fingerprint density at radius 3 is 2.50 bits per heavy atom. The van der Waals surface area contributed by atoms with E-state index in [4.69, 9.17) is 14.2 Å². The van der Waals surface area contributed by atoms with Gasteiger partial charge in [-0.2, -0.15) is 0 Å². The first-order chi connectivity index (χ1) is 17.5. The Hall–Kier alpha value is -3.36. The predicted octanol–water partition coefficient (Wildman–Crippen LogP) is 3.63. The van der Waals surface area contributed by atoms with Gasteiger partial charge < -0.3 is 24.2 Å². The van der Waals surface area contributed by atoms with E-state index in [1.807, 2.05) is 19.1 Å². The normalized spacial score (nSPS) is 20.1. The Morgan fingerprint density at radius 1 is 1.06 bits per heavy atom. The molecular formula is C28H34N2O6. The molecule has 0 saturated carbocycles. The smallest absolute Gasteiger partial charge is 0.295 e. The Morgan fingerprint density at radius 2 is 1.81 bits per heavy atom. The molecule has 0 bridgehead atoms. The summed E-state index contributed by atoms with van der Waals surface area (Å²) >= 11 is 0. The minimum atomic E-state index is -0.732. The number of methoxy groups -OCH3 is 1. The molecule has 192 valence electrons. The van der Waals surface area contributed by atoms with Crippen molar-refractivity contribution < 1.29 is 28.9 Å². The third kappa shape index (κ3) is 5.55. The number of aliphatic hydroxyl groups excluding tert-OH is 1. The molecule has 8 nitrogen and oxygen atoms in total. The molecule has 1 N–H and O–H groups in total. The number of morpholine rings is 1. The summed E-state index contributed by atoms with van der Waals surface area (Å²) in [5.74, 6) is -0.363. The monoisotopic (exact) mass is 494 g/mol. The lowest BCUT2D eigenvalue weighted by molar-refractivity contribution is -0.140. The predicted molar refractivity (Wildman–Crippen MR) is 136 cm³/mol. The Kier molecular flexibility index (Phi) is 8.61. The minimum Gasteiger partial charge on any atom is -0.507 e. The first-order valence-corrected chi connectivity index (χ1v) is 12.5. The summed E-state index contributed by atoms with van der Waals surface area (Å²) in [5, 5.41) is 11.2. The number of hydrogen-bond acceptors (Lipinski definition) is 7. The van der Waals surface area contributed by atoms with E-state index in [-0.39, 0.29) is 11.3 Å². The molecule has 0 unspecified atom stereocenters. The van der Waals surface area contributed by atoms with Crippen molar-refractivity contribution in [1.29, 1.82) is 0 Å². The third-order valence-corrected chi connectivity index (χ3v) is 6.53. The third-order valence-electron chi connectivity index (χ3n) is 6.53. The number of likely N-dealkylation sites (tertiary alicyclic amines) is 1. The Balaban J connectivity index is 1.69. The average molecular weight is 495 g/mol. The maximum Gasteiger partial charge on any atom is 0.295 e. The second-order valence-electron chi connectivity index (χ2n) is 8.92. The van der Waals surface area contributed by atoms with Gasteiger partial charge in [-0.1, -0.05) is 43.3 Å². The van der Waals surface area contributed by atoms with E-state index in [0.29, 0.717) is 55.4 Å². The zero-order valence-corrected chi connectivity index (χ0v) is 20.9. The SMILES string of the molecule is CCCOc1ccc([C@@H]2/C(=C(\O)c3ccccc3)C(=O)C(=O)N2CCCN2CCOCC2)cc1OC. The quantitative estimate of drug-likeness (QED) is 0.307. The summed E-state index contributed by atoms with van der Waals surface area (Å²) in [6.45, 7) is 6.86. The van der Waals surface area contributed by atoms with Crippen LogP contribution in [-0.4, -0.2) is 79.7 Å². The van der Waals surface area contributed by atoms with E-state index < -0.39 is 17.7 Å². The van der Waals surface area contributed by atoms with Crippen molar-refractivity contribution >= 4 is 17.4 Å². The Labute approximate surface area is 212 Å². The molecular weight excluding hydrogens is 460 g/mol. The lowest BCUT2D eigenvalue weighted by Crippen LogP contribution is -2.39. The van der Waals surface area contributed by atoms with E-state index in [2.05, 4.69) is 4.90 Å². The number of rotatable bonds is 10. The van der Waals surface area contributed by atoms with Crippen molar-refractivity contribution in [3.8, 4) is 11.5 Å². The number of ether oxygens (including phenoxy) is 3. The summed E-state index contributed by atoms with van der Waals surface area (Å²) in [4.78, 5) is 30.3. The van der Waals surface area contributed by atoms with Gasteiger partial charge in [0.15, 0.2) is 11.5 Å². The molecule has 2 fully saturated rings. The molecule has 8 heteroatoms. The topological polar surface area (TPSA) is 88.5 Å². The van der Waals surface area contributed by atoms with Gasteiger partial charge in [0.1, 0.15) is 5.76 Å². The van der Waals surface area contributed by atoms with Crippen LogP contribution < -0.4 is 9.47 Å². The van der Waals surface area contributed by atoms with Crippen LogP contribution in [0.1, 0.15) is 36.9 Å². The number of nitrogens with zero attached hydrogens (tertiary/aromatic N) is 2. The highest BCUT2D eigenvalue weighted by molar-refractivity contribution is 6.46. The van der Waals surface area contributed by atoms with Crippen molar-refractivity contribution in [2.75, 3.05) is 53.1 Å². The number of carbonyl (C=O) groups excluding carboxylic acids is 2. The second kappa shape index (κ2) is 12.1. The number of aliphatic hydroxyl groups is 1. The van der Waals surface area contributed by atoms with Gasteiger partial charge in [0.05, 0.1) is 38.5 Å². The molecule has 1 atom stereocenters. The van der Waals surface area contributed by atoms with Crippen molar-refractivity contribution in [1.82, 2.24) is 9.80 Å². The van der Waals surface area contributed by atoms with Crippen LogP contribution in [0.5, 0.6) is 11.5 Å². The molecule has 2 heterocycles. The van der Waals surface area contributed by atoms with Crippen LogP contribution in [0.25, 0.3) is 5.76 Å². The van der Waals surface area contributed by atoms with Gasteiger partial charge in [-0.3, -0.25) is 14.5 Å². The minimum absolute atomic E-state index is 0.0850. The van der Waals surface area contributed by atoms with Crippen LogP contribution in [0.15, 0.2) is 54.1 Å². The first kappa shape index (κ1) is 25.7. The van der Waals surface area contributed by atoms with Crippen molar-refractivity contribution in [3.63, 3.8) is 0 Å². The number of benzene rings is 2. The number of carbonyl (C=O) groups is 2. The van der Waals surface area contributed by atoms with Gasteiger partial charge in [-0.15, -0.1) is 0 Å². The van der Waals surface area contributed by atoms with Gasteiger partial charge in [-0.05, 0) is 30.5 Å². The zero-order valence-electron chi connectivity index (χ0n) is 20.9. The summed E-state index contributed by atoms with van der Waals surface area (Å²) in [5.41, 5.74) is 1.25. The molecule has 0 radical (unpaired) electrons. The molecule has 0 aromatic heterocycles. The molecule has 2 saturated heterocycles. The largest absolute Gasteiger partial charge is 0.507 e. The fourth-order valence-electron chi connectivity index (χ4n) is 4.68. The molecule has 2 aromatic carbocycles. The fraction of sp³-hybridized carbons (Fsp3) is 0.429. The molecule has 2 aliphatic rings. The highest BCUT2D eigenvalue weighted by Crippen LogP contribution is 2.42. The molecule has 0 aliphatic carbocycles. The summed E-state index contributed by atoms with van der Waals surface area (Å²) in [6.07, 6.45) is 1.55. The first-order valence-electron chi connectivity index (χ1n) is 12.5. The fourth-order valence-corrected chi connectivity index (χ4v) is 4.68. The van der Waals surface area contributed by atoms with Crippen LogP contribution in [0.4, 0.5) is 0 Å². The van der Waals surface area contributed by atoms with Crippen LogP contribution in [0.2, 0.25) is 0 Å². The molecule has 2 aromatic rings. The van der Waals surface area contributed by atoms with Crippen molar-refractivity contribution in [3.05, 3.63) is 65.2 Å². The maximum atomic E-state index is 13.2. The average Bonchev–Trinajstić information content (AvgIpc) is 3.17. The number of amides is 1. The molecule has 1 amide bonds. The van der Waals surface area contributed by atoms with Crippen molar-refractivity contribution in [2.45, 2.75) is 25.8 Å². The summed E-state index contributed by atoms with van der Waals surface area (Å²) in [6, 6.07) is 13.5. The lowest BCUT2D eigenvalue weighted by atomic mass is 9.95. The standard InChI is InChI=1S/C28H34N2O6/c1-3-16-36-22-11-10-21(19-23(22)34-2)25-24(26(31)20-8-5-4-6-9-20)27(32)28(33)30(25)13-7-12-29-14-17-35-18-15-29/h4-6,8-11,19,25,31H,3,7,12-18H2,1-2H3/b26-24+/t25-/m1/s1. The molecule has 0 spiro atoms. The lowest BCUT2D eigenvalue weighted by Gasteiger charge is -2.29. The molecule has 4 rings (SSSR count). The van der Waals surface area contributed by atoms with Crippen LogP contribution >= 0.6 is 0 Å². The second-order valence-corrected chi connectivity index (χ2v) is 8.92. The van der Waals surface area contributed by atoms with Gasteiger partial charge >= 0.3 is 0 Å². The maximum absolute atomic E-state index is 13.2. The summed E-state index contributed by atoms with van der Waals surface area (Å²) in [7, 11) is 1.56. The summed E-state index contributed by atoms with van der Waals surface area (Å²) < 4.78 is 16.8. The van der Waals surface area contributed by atoms with E-state index in [9.17, 15) is 14.7 Å². The van der Waals surface area contributed by atoms with Crippen LogP contribution in [0.3, 0.4) is 0 Å². The highest BCUT2D eigenvalue weighted by atomic mass is 16.5. The van der Waals surface area contributed by atoms with E-state index >= 15 is 0 Å². The Bertz CT molecular complexity index is 1090. The number of hydrogen-bond donors (Lipinski definition) is 1. The van der Waals surface area contributed by atoms with Crippen LogP contribution in [0, 0.1) is 0 Å².